The summed E-state index contributed by atoms with van der Waals surface area (Å²) in [5.41, 5.74) is 1.22. The maximum Gasteiger partial charge on any atom is 0.256 e. The van der Waals surface area contributed by atoms with Gasteiger partial charge in [0.15, 0.2) is 17.3 Å². The molecule has 0 atom stereocenters. The van der Waals surface area contributed by atoms with E-state index in [0.29, 0.717) is 46.9 Å². The molecular formula is C23H32N4O4. The molecule has 8 nitrogen and oxygen atoms in total. The number of piperidine rings is 1. The van der Waals surface area contributed by atoms with Crippen LogP contribution in [-0.4, -0.2) is 56.8 Å². The molecule has 31 heavy (non-hydrogen) atoms. The lowest BCUT2D eigenvalue weighted by molar-refractivity contribution is 0.0948. The number of amides is 1. The normalized spacial score (nSPS) is 13.8. The molecule has 0 bridgehead atoms. The number of nitrogens with one attached hydrogen (secondary N) is 1. The van der Waals surface area contributed by atoms with E-state index in [1.165, 1.54) is 6.42 Å². The number of rotatable bonds is 8. The van der Waals surface area contributed by atoms with Crippen LogP contribution in [0.4, 0.5) is 5.82 Å². The second kappa shape index (κ2) is 10.3. The molecule has 0 saturated carbocycles. The van der Waals surface area contributed by atoms with Crippen LogP contribution in [0.15, 0.2) is 18.3 Å². The molecule has 0 unspecified atom stereocenters. The molecule has 3 rings (SSSR count). The molecule has 1 aliphatic rings. The molecule has 1 saturated heterocycles. The summed E-state index contributed by atoms with van der Waals surface area (Å²) < 4.78 is 16.4. The van der Waals surface area contributed by atoms with E-state index in [1.807, 2.05) is 12.1 Å². The predicted octanol–water partition coefficient (Wildman–Crippen LogP) is 3.55. The molecule has 1 fully saturated rings. The third-order valence-corrected chi connectivity index (χ3v) is 5.26. The van der Waals surface area contributed by atoms with Crippen LogP contribution in [0.2, 0.25) is 0 Å². The van der Waals surface area contributed by atoms with Gasteiger partial charge >= 0.3 is 0 Å². The number of carbonyl (C=O) groups excluding carboxylic acids is 1. The monoisotopic (exact) mass is 428 g/mol. The number of benzene rings is 1. The number of anilines is 1. The highest BCUT2D eigenvalue weighted by molar-refractivity contribution is 5.99. The summed E-state index contributed by atoms with van der Waals surface area (Å²) in [6, 6.07) is 3.63. The fourth-order valence-corrected chi connectivity index (χ4v) is 3.62. The summed E-state index contributed by atoms with van der Waals surface area (Å²) in [7, 11) is 4.71. The summed E-state index contributed by atoms with van der Waals surface area (Å²) in [4.78, 5) is 24.4. The molecule has 0 spiro atoms. The van der Waals surface area contributed by atoms with Crippen molar-refractivity contribution in [2.75, 3.05) is 45.9 Å². The van der Waals surface area contributed by atoms with Crippen LogP contribution in [-0.2, 0) is 0 Å². The molecule has 168 valence electrons. The van der Waals surface area contributed by atoms with Crippen molar-refractivity contribution in [1.82, 2.24) is 15.3 Å². The maximum atomic E-state index is 12.9. The first-order valence-electron chi connectivity index (χ1n) is 10.7. The van der Waals surface area contributed by atoms with E-state index in [9.17, 15) is 4.79 Å². The Morgan fingerprint density at radius 3 is 2.26 bits per heavy atom. The Bertz CT molecular complexity index is 885. The lowest BCUT2D eigenvalue weighted by atomic mass is 10.1. The van der Waals surface area contributed by atoms with Crippen molar-refractivity contribution >= 4 is 11.7 Å². The number of aromatic nitrogens is 2. The standard InChI is InChI=1S/C23H32N4O4/c1-15(2)13-25-23(28)17-14-24-21(26-22(17)27-9-7-6-8-10-27)16-11-18(29-3)20(31-5)19(12-16)30-4/h11-12,14-15H,6-10,13H2,1-5H3,(H,25,28). The van der Waals surface area contributed by atoms with Crippen molar-refractivity contribution in [3.63, 3.8) is 0 Å². The number of hydrogen-bond donors (Lipinski definition) is 1. The maximum absolute atomic E-state index is 12.9. The van der Waals surface area contributed by atoms with Crippen molar-refractivity contribution in [2.24, 2.45) is 5.92 Å². The molecule has 0 radical (unpaired) electrons. The number of ether oxygens (including phenoxy) is 3. The summed E-state index contributed by atoms with van der Waals surface area (Å²) in [5, 5.41) is 2.99. The Balaban J connectivity index is 2.05. The summed E-state index contributed by atoms with van der Waals surface area (Å²) in [6.45, 7) is 6.48. The van der Waals surface area contributed by atoms with E-state index in [1.54, 1.807) is 27.5 Å². The predicted molar refractivity (Wildman–Crippen MR) is 120 cm³/mol. The average Bonchev–Trinajstić information content (AvgIpc) is 2.81. The van der Waals surface area contributed by atoms with Gasteiger partial charge in [-0.05, 0) is 37.3 Å². The first-order chi connectivity index (χ1) is 15.0. The first-order valence-corrected chi connectivity index (χ1v) is 10.7. The lowest BCUT2D eigenvalue weighted by Gasteiger charge is -2.29. The molecule has 1 aromatic carbocycles. The number of carbonyl (C=O) groups is 1. The van der Waals surface area contributed by atoms with Gasteiger partial charge in [-0.2, -0.15) is 0 Å². The van der Waals surface area contributed by atoms with Gasteiger partial charge in [0.05, 0.1) is 21.3 Å². The third kappa shape index (κ3) is 5.18. The van der Waals surface area contributed by atoms with Gasteiger partial charge in [0.25, 0.3) is 5.91 Å². The van der Waals surface area contributed by atoms with Gasteiger partial charge in [0.1, 0.15) is 11.4 Å². The topological polar surface area (TPSA) is 85.8 Å². The fourth-order valence-electron chi connectivity index (χ4n) is 3.62. The van der Waals surface area contributed by atoms with Crippen LogP contribution >= 0.6 is 0 Å². The third-order valence-electron chi connectivity index (χ3n) is 5.26. The molecule has 2 heterocycles. The zero-order valence-electron chi connectivity index (χ0n) is 19.0. The first kappa shape index (κ1) is 22.7. The van der Waals surface area contributed by atoms with Crippen LogP contribution in [0, 0.1) is 5.92 Å². The van der Waals surface area contributed by atoms with Gasteiger partial charge in [-0.25, -0.2) is 9.97 Å². The van der Waals surface area contributed by atoms with Gasteiger partial charge < -0.3 is 24.4 Å². The zero-order valence-corrected chi connectivity index (χ0v) is 19.0. The molecule has 1 aliphatic heterocycles. The van der Waals surface area contributed by atoms with Gasteiger partial charge in [0.2, 0.25) is 5.75 Å². The van der Waals surface area contributed by atoms with Gasteiger partial charge in [-0.1, -0.05) is 13.8 Å². The Morgan fingerprint density at radius 2 is 1.71 bits per heavy atom. The SMILES string of the molecule is COc1cc(-c2ncc(C(=O)NCC(C)C)c(N3CCCCC3)n2)cc(OC)c1OC. The summed E-state index contributed by atoms with van der Waals surface area (Å²) in [6.07, 6.45) is 4.97. The Kier molecular flexibility index (Phi) is 7.55. The highest BCUT2D eigenvalue weighted by Gasteiger charge is 2.23. The average molecular weight is 429 g/mol. The molecule has 1 N–H and O–H groups in total. The fraction of sp³-hybridized carbons (Fsp3) is 0.522. The molecule has 2 aromatic rings. The smallest absolute Gasteiger partial charge is 0.256 e. The van der Waals surface area contributed by atoms with Crippen LogP contribution in [0.3, 0.4) is 0 Å². The molecule has 1 aromatic heterocycles. The van der Waals surface area contributed by atoms with Crippen molar-refractivity contribution in [3.8, 4) is 28.6 Å². The molecule has 1 amide bonds. The molecular weight excluding hydrogens is 396 g/mol. The largest absolute Gasteiger partial charge is 0.493 e. The Morgan fingerprint density at radius 1 is 1.06 bits per heavy atom. The number of nitrogens with zero attached hydrogens (tertiary/aromatic N) is 3. The van der Waals surface area contributed by atoms with Crippen molar-refractivity contribution in [2.45, 2.75) is 33.1 Å². The number of hydrogen-bond acceptors (Lipinski definition) is 7. The van der Waals surface area contributed by atoms with Gasteiger partial charge in [-0.3, -0.25) is 4.79 Å². The minimum absolute atomic E-state index is 0.147. The van der Waals surface area contributed by atoms with Crippen LogP contribution in [0.25, 0.3) is 11.4 Å². The van der Waals surface area contributed by atoms with E-state index in [2.05, 4.69) is 29.0 Å². The second-order valence-electron chi connectivity index (χ2n) is 8.00. The van der Waals surface area contributed by atoms with Crippen LogP contribution < -0.4 is 24.4 Å². The molecule has 8 heteroatoms. The minimum Gasteiger partial charge on any atom is -0.493 e. The van der Waals surface area contributed by atoms with E-state index in [-0.39, 0.29) is 5.91 Å². The quantitative estimate of drug-likeness (QED) is 0.688. The van der Waals surface area contributed by atoms with E-state index in [0.717, 1.165) is 31.5 Å². The van der Waals surface area contributed by atoms with Crippen molar-refractivity contribution in [3.05, 3.63) is 23.9 Å². The van der Waals surface area contributed by atoms with E-state index in [4.69, 9.17) is 19.2 Å². The minimum atomic E-state index is -0.147. The van der Waals surface area contributed by atoms with Crippen LogP contribution in [0.5, 0.6) is 17.2 Å². The van der Waals surface area contributed by atoms with E-state index < -0.39 is 0 Å². The Labute approximate surface area is 183 Å². The molecule has 0 aliphatic carbocycles. The second-order valence-corrected chi connectivity index (χ2v) is 8.00. The van der Waals surface area contributed by atoms with Gasteiger partial charge in [0, 0.05) is 31.4 Å². The number of methoxy groups -OCH3 is 3. The highest BCUT2D eigenvalue weighted by Crippen LogP contribution is 2.40. The van der Waals surface area contributed by atoms with Gasteiger partial charge in [-0.15, -0.1) is 0 Å². The summed E-state index contributed by atoms with van der Waals surface area (Å²) in [5.74, 6) is 2.94. The van der Waals surface area contributed by atoms with E-state index >= 15 is 0 Å². The van der Waals surface area contributed by atoms with Crippen molar-refractivity contribution < 1.29 is 19.0 Å². The van der Waals surface area contributed by atoms with Crippen molar-refractivity contribution in [1.29, 1.82) is 0 Å². The summed E-state index contributed by atoms with van der Waals surface area (Å²) >= 11 is 0. The Hall–Kier alpha value is -3.03. The highest BCUT2D eigenvalue weighted by atomic mass is 16.5. The van der Waals surface area contributed by atoms with Crippen LogP contribution in [0.1, 0.15) is 43.5 Å². The lowest BCUT2D eigenvalue weighted by Crippen LogP contribution is -2.34. The zero-order chi connectivity index (χ0) is 22.4.